The third-order valence-corrected chi connectivity index (χ3v) is 5.50. The molecule has 1 unspecified atom stereocenters. The highest BCUT2D eigenvalue weighted by molar-refractivity contribution is 7.12. The molecule has 0 saturated carbocycles. The van der Waals surface area contributed by atoms with Crippen LogP contribution in [0.1, 0.15) is 40.4 Å². The minimum Gasteiger partial charge on any atom is -0.493 e. The van der Waals surface area contributed by atoms with Crippen LogP contribution in [-0.2, 0) is 9.53 Å². The molecular formula is C22H20N2O5S. The summed E-state index contributed by atoms with van der Waals surface area (Å²) in [5, 5.41) is 7.80. The maximum Gasteiger partial charge on any atom is 0.342 e. The summed E-state index contributed by atoms with van der Waals surface area (Å²) >= 11 is 1.56. The minimum absolute atomic E-state index is 0.277. The molecule has 0 fully saturated rings. The molecule has 1 aliphatic rings. The molecule has 30 heavy (non-hydrogen) atoms. The van der Waals surface area contributed by atoms with Crippen molar-refractivity contribution in [2.45, 2.75) is 19.4 Å². The average Bonchev–Trinajstić information content (AvgIpc) is 3.53. The van der Waals surface area contributed by atoms with Gasteiger partial charge in [-0.15, -0.1) is 11.3 Å². The Hall–Kier alpha value is -3.39. The van der Waals surface area contributed by atoms with E-state index in [9.17, 15) is 9.59 Å². The van der Waals surface area contributed by atoms with Crippen molar-refractivity contribution in [1.82, 2.24) is 5.01 Å². The van der Waals surface area contributed by atoms with Gasteiger partial charge in [-0.2, -0.15) is 5.10 Å². The first kappa shape index (κ1) is 19.9. The Labute approximate surface area is 177 Å². The molecule has 7 nitrogen and oxygen atoms in total. The third-order valence-electron chi connectivity index (χ3n) is 4.58. The van der Waals surface area contributed by atoms with Crippen LogP contribution < -0.4 is 4.74 Å². The van der Waals surface area contributed by atoms with Crippen LogP contribution in [0.4, 0.5) is 0 Å². The number of amides is 1. The maximum absolute atomic E-state index is 12.9. The molecule has 2 aromatic heterocycles. The average molecular weight is 424 g/mol. The number of hydrogen-bond acceptors (Lipinski definition) is 7. The standard InChI is InChI=1S/C22H20N2O5S/c1-2-27-18-8-4-3-7-15(18)22(26)29-14-21(25)24-17(19-9-5-11-28-19)13-16(23-24)20-10-6-12-30-20/h3-12,17H,2,13-14H2,1H3. The molecule has 0 saturated heterocycles. The summed E-state index contributed by atoms with van der Waals surface area (Å²) in [5.74, 6) is 0.00515. The van der Waals surface area contributed by atoms with E-state index < -0.39 is 18.5 Å². The van der Waals surface area contributed by atoms with Crippen molar-refractivity contribution in [1.29, 1.82) is 0 Å². The number of hydrogen-bond donors (Lipinski definition) is 0. The monoisotopic (exact) mass is 424 g/mol. The number of furan rings is 1. The van der Waals surface area contributed by atoms with Gasteiger partial charge < -0.3 is 13.9 Å². The van der Waals surface area contributed by atoms with Gasteiger partial charge in [-0.1, -0.05) is 18.2 Å². The van der Waals surface area contributed by atoms with Crippen molar-refractivity contribution in [3.05, 3.63) is 76.4 Å². The highest BCUT2D eigenvalue weighted by Gasteiger charge is 2.35. The summed E-state index contributed by atoms with van der Waals surface area (Å²) in [6.07, 6.45) is 2.09. The molecule has 3 heterocycles. The Morgan fingerprint density at radius 1 is 1.20 bits per heavy atom. The number of thiophene rings is 1. The zero-order valence-corrected chi connectivity index (χ0v) is 17.1. The van der Waals surface area contributed by atoms with Crippen LogP contribution in [0, 0.1) is 0 Å². The topological polar surface area (TPSA) is 81.3 Å². The lowest BCUT2D eigenvalue weighted by Crippen LogP contribution is -2.31. The highest BCUT2D eigenvalue weighted by atomic mass is 32.1. The zero-order valence-electron chi connectivity index (χ0n) is 16.3. The highest BCUT2D eigenvalue weighted by Crippen LogP contribution is 2.34. The number of nitrogens with zero attached hydrogens (tertiary/aromatic N) is 2. The zero-order chi connectivity index (χ0) is 20.9. The number of hydrazone groups is 1. The molecule has 0 N–H and O–H groups in total. The van der Waals surface area contributed by atoms with E-state index in [0.717, 1.165) is 10.6 Å². The van der Waals surface area contributed by atoms with Gasteiger partial charge in [-0.25, -0.2) is 9.80 Å². The fraction of sp³-hybridized carbons (Fsp3) is 0.227. The van der Waals surface area contributed by atoms with Crippen LogP contribution in [0.25, 0.3) is 0 Å². The Kier molecular flexibility index (Phi) is 5.94. The Bertz CT molecular complexity index is 1040. The lowest BCUT2D eigenvalue weighted by molar-refractivity contribution is -0.136. The first-order valence-electron chi connectivity index (χ1n) is 9.53. The van der Waals surface area contributed by atoms with Crippen molar-refractivity contribution >= 4 is 28.9 Å². The van der Waals surface area contributed by atoms with Gasteiger partial charge in [0, 0.05) is 6.42 Å². The predicted octanol–water partition coefficient (Wildman–Crippen LogP) is 4.27. The first-order chi connectivity index (χ1) is 14.7. The molecule has 0 bridgehead atoms. The number of esters is 1. The molecule has 0 aliphatic carbocycles. The second-order valence-corrected chi connectivity index (χ2v) is 7.45. The second kappa shape index (κ2) is 8.96. The van der Waals surface area contributed by atoms with Gasteiger partial charge >= 0.3 is 5.97 Å². The maximum atomic E-state index is 12.9. The number of rotatable bonds is 7. The molecule has 4 rings (SSSR count). The molecule has 1 atom stereocenters. The van der Waals surface area contributed by atoms with Gasteiger partial charge in [0.25, 0.3) is 5.91 Å². The van der Waals surface area contributed by atoms with E-state index in [1.165, 1.54) is 5.01 Å². The van der Waals surface area contributed by atoms with Crippen molar-refractivity contribution in [3.8, 4) is 5.75 Å². The number of benzene rings is 1. The molecule has 1 aliphatic heterocycles. The SMILES string of the molecule is CCOc1ccccc1C(=O)OCC(=O)N1N=C(c2cccs2)CC1c1ccco1. The fourth-order valence-electron chi connectivity index (χ4n) is 3.22. The Morgan fingerprint density at radius 3 is 2.80 bits per heavy atom. The predicted molar refractivity (Wildman–Crippen MR) is 112 cm³/mol. The van der Waals surface area contributed by atoms with E-state index in [4.69, 9.17) is 13.9 Å². The minimum atomic E-state index is -0.622. The van der Waals surface area contributed by atoms with Crippen LogP contribution in [0.5, 0.6) is 5.75 Å². The molecule has 154 valence electrons. The number of carbonyl (C=O) groups excluding carboxylic acids is 2. The first-order valence-corrected chi connectivity index (χ1v) is 10.4. The van der Waals surface area contributed by atoms with Gasteiger partial charge in [-0.3, -0.25) is 4.79 Å². The van der Waals surface area contributed by atoms with Crippen LogP contribution in [-0.4, -0.2) is 35.8 Å². The Morgan fingerprint density at radius 2 is 2.07 bits per heavy atom. The van der Waals surface area contributed by atoms with Gasteiger partial charge in [0.2, 0.25) is 0 Å². The summed E-state index contributed by atoms with van der Waals surface area (Å²) in [7, 11) is 0. The van der Waals surface area contributed by atoms with Crippen molar-refractivity contribution in [2.24, 2.45) is 5.10 Å². The molecule has 3 aromatic rings. The van der Waals surface area contributed by atoms with Gasteiger partial charge in [0.15, 0.2) is 6.61 Å². The molecule has 8 heteroatoms. The fourth-order valence-corrected chi connectivity index (χ4v) is 3.94. The van der Waals surface area contributed by atoms with Crippen molar-refractivity contribution < 1.29 is 23.5 Å². The van der Waals surface area contributed by atoms with E-state index in [1.54, 1.807) is 47.9 Å². The summed E-state index contributed by atoms with van der Waals surface area (Å²) < 4.78 is 16.2. The van der Waals surface area contributed by atoms with Crippen LogP contribution >= 0.6 is 11.3 Å². The van der Waals surface area contributed by atoms with Gasteiger partial charge in [-0.05, 0) is 42.6 Å². The molecule has 0 spiro atoms. The third kappa shape index (κ3) is 4.13. The quantitative estimate of drug-likeness (QED) is 0.529. The summed E-state index contributed by atoms with van der Waals surface area (Å²) in [5.41, 5.74) is 1.08. The van der Waals surface area contributed by atoms with E-state index >= 15 is 0 Å². The van der Waals surface area contributed by atoms with E-state index in [0.29, 0.717) is 24.5 Å². The van der Waals surface area contributed by atoms with E-state index in [1.807, 2.05) is 30.5 Å². The number of carbonyl (C=O) groups is 2. The lowest BCUT2D eigenvalue weighted by Gasteiger charge is -2.19. The number of ether oxygens (including phenoxy) is 2. The second-order valence-electron chi connectivity index (χ2n) is 6.50. The van der Waals surface area contributed by atoms with Crippen LogP contribution in [0.15, 0.2) is 69.7 Å². The van der Waals surface area contributed by atoms with E-state index in [2.05, 4.69) is 5.10 Å². The summed E-state index contributed by atoms with van der Waals surface area (Å²) in [4.78, 5) is 26.4. The smallest absolute Gasteiger partial charge is 0.342 e. The normalized spacial score (nSPS) is 15.7. The largest absolute Gasteiger partial charge is 0.493 e. The summed E-state index contributed by atoms with van der Waals surface area (Å²) in [6, 6.07) is 13.9. The van der Waals surface area contributed by atoms with Gasteiger partial charge in [0.05, 0.1) is 23.5 Å². The molecule has 1 aromatic carbocycles. The number of para-hydroxylation sites is 1. The van der Waals surface area contributed by atoms with Crippen molar-refractivity contribution in [2.75, 3.05) is 13.2 Å². The van der Waals surface area contributed by atoms with E-state index in [-0.39, 0.29) is 11.6 Å². The van der Waals surface area contributed by atoms with Crippen LogP contribution in [0.2, 0.25) is 0 Å². The Balaban J connectivity index is 1.49. The molecular weight excluding hydrogens is 404 g/mol. The summed E-state index contributed by atoms with van der Waals surface area (Å²) in [6.45, 7) is 1.82. The van der Waals surface area contributed by atoms with Crippen LogP contribution in [0.3, 0.4) is 0 Å². The lowest BCUT2D eigenvalue weighted by atomic mass is 10.1. The van der Waals surface area contributed by atoms with Crippen molar-refractivity contribution in [3.63, 3.8) is 0 Å². The molecule has 0 radical (unpaired) electrons. The molecule has 1 amide bonds. The van der Waals surface area contributed by atoms with Gasteiger partial charge in [0.1, 0.15) is 23.1 Å².